The average Bonchev–Trinajstić information content (AvgIpc) is 2.86. The maximum atomic E-state index is 12.0. The van der Waals surface area contributed by atoms with E-state index in [1.165, 1.54) is 25.7 Å². The molecule has 108 valence electrons. The minimum atomic E-state index is 0.0151. The second-order valence-electron chi connectivity index (χ2n) is 5.59. The third-order valence-electron chi connectivity index (χ3n) is 4.19. The molecule has 19 heavy (non-hydrogen) atoms. The second kappa shape index (κ2) is 7.65. The van der Waals surface area contributed by atoms with Crippen LogP contribution in [-0.4, -0.2) is 37.7 Å². The molecule has 2 fully saturated rings. The molecule has 0 aromatic carbocycles. The number of ether oxygens (including phenoxy) is 1. The molecule has 2 N–H and O–H groups in total. The fraction of sp³-hybridized carbons (Fsp3) is 0.800. The van der Waals surface area contributed by atoms with Crippen molar-refractivity contribution in [1.29, 1.82) is 0 Å². The van der Waals surface area contributed by atoms with Crippen LogP contribution in [0.25, 0.3) is 0 Å². The molecule has 1 amide bonds. The summed E-state index contributed by atoms with van der Waals surface area (Å²) in [5, 5.41) is 6.45. The Hall–Kier alpha value is -0.870. The van der Waals surface area contributed by atoms with Gasteiger partial charge in [0.15, 0.2) is 0 Å². The highest BCUT2D eigenvalue weighted by Crippen LogP contribution is 2.33. The largest absolute Gasteiger partial charge is 0.379 e. The predicted molar refractivity (Wildman–Crippen MR) is 75.9 cm³/mol. The van der Waals surface area contributed by atoms with Crippen LogP contribution in [0.15, 0.2) is 12.7 Å². The molecule has 1 heterocycles. The van der Waals surface area contributed by atoms with Crippen LogP contribution in [0.2, 0.25) is 0 Å². The summed E-state index contributed by atoms with van der Waals surface area (Å²) >= 11 is 0. The molecular formula is C15H26N2O2. The first kappa shape index (κ1) is 14.5. The van der Waals surface area contributed by atoms with E-state index in [0.717, 1.165) is 12.8 Å². The second-order valence-corrected chi connectivity index (χ2v) is 5.59. The summed E-state index contributed by atoms with van der Waals surface area (Å²) in [4.78, 5) is 12.0. The van der Waals surface area contributed by atoms with Crippen molar-refractivity contribution in [1.82, 2.24) is 10.6 Å². The summed E-state index contributed by atoms with van der Waals surface area (Å²) in [6.07, 6.45) is 8.86. The van der Waals surface area contributed by atoms with Crippen molar-refractivity contribution >= 4 is 5.91 Å². The summed E-state index contributed by atoms with van der Waals surface area (Å²) in [5.41, 5.74) is 0. The molecule has 4 nitrogen and oxygen atoms in total. The third-order valence-corrected chi connectivity index (χ3v) is 4.19. The van der Waals surface area contributed by atoms with Crippen LogP contribution in [0.4, 0.5) is 0 Å². The quantitative estimate of drug-likeness (QED) is 0.544. The molecule has 3 atom stereocenters. The number of carbonyl (C=O) groups excluding carboxylic acids is 1. The average molecular weight is 266 g/mol. The molecule has 2 aliphatic rings. The van der Waals surface area contributed by atoms with Crippen molar-refractivity contribution in [2.75, 3.05) is 19.8 Å². The summed E-state index contributed by atoms with van der Waals surface area (Å²) < 4.78 is 5.38. The number of amides is 1. The van der Waals surface area contributed by atoms with E-state index in [0.29, 0.717) is 31.7 Å². The van der Waals surface area contributed by atoms with Crippen molar-refractivity contribution in [2.45, 2.75) is 50.6 Å². The van der Waals surface area contributed by atoms with Crippen molar-refractivity contribution in [3.63, 3.8) is 0 Å². The number of carbonyl (C=O) groups is 1. The molecule has 1 aliphatic heterocycles. The van der Waals surface area contributed by atoms with Crippen molar-refractivity contribution in [2.24, 2.45) is 5.92 Å². The van der Waals surface area contributed by atoms with Gasteiger partial charge in [-0.05, 0) is 31.6 Å². The highest BCUT2D eigenvalue weighted by atomic mass is 16.5. The van der Waals surface area contributed by atoms with Gasteiger partial charge in [-0.3, -0.25) is 4.79 Å². The van der Waals surface area contributed by atoms with Gasteiger partial charge >= 0.3 is 0 Å². The van der Waals surface area contributed by atoms with E-state index in [9.17, 15) is 4.79 Å². The normalized spacial score (nSPS) is 29.8. The van der Waals surface area contributed by atoms with Gasteiger partial charge in [0.1, 0.15) is 0 Å². The zero-order valence-corrected chi connectivity index (χ0v) is 11.7. The van der Waals surface area contributed by atoms with Gasteiger partial charge in [0.05, 0.1) is 19.3 Å². The molecule has 3 unspecified atom stereocenters. The molecule has 0 spiro atoms. The zero-order valence-electron chi connectivity index (χ0n) is 11.7. The molecule has 0 aromatic heterocycles. The topological polar surface area (TPSA) is 50.4 Å². The van der Waals surface area contributed by atoms with E-state index < -0.39 is 0 Å². The Balaban J connectivity index is 1.60. The van der Waals surface area contributed by atoms with Crippen LogP contribution in [0.3, 0.4) is 0 Å². The van der Waals surface area contributed by atoms with Crippen LogP contribution in [0, 0.1) is 5.92 Å². The first-order valence-corrected chi connectivity index (χ1v) is 7.53. The Morgan fingerprint density at radius 1 is 1.37 bits per heavy atom. The lowest BCUT2D eigenvalue weighted by Gasteiger charge is -2.24. The van der Waals surface area contributed by atoms with E-state index in [1.54, 1.807) is 0 Å². The standard InChI is InChI=1S/C15H26N2O2/c1-2-3-9-19-10-8-16-15(18)14-11-12-6-4-5-7-13(12)17-14/h2,12-14,17H,1,3-11H2,(H,16,18). The number of hydrogen-bond donors (Lipinski definition) is 2. The lowest BCUT2D eigenvalue weighted by Crippen LogP contribution is -2.44. The van der Waals surface area contributed by atoms with Gasteiger partial charge in [-0.1, -0.05) is 18.9 Å². The lowest BCUT2D eigenvalue weighted by atomic mass is 9.85. The fourth-order valence-electron chi connectivity index (χ4n) is 3.16. The highest BCUT2D eigenvalue weighted by molar-refractivity contribution is 5.82. The van der Waals surface area contributed by atoms with Crippen LogP contribution >= 0.6 is 0 Å². The lowest BCUT2D eigenvalue weighted by molar-refractivity contribution is -0.123. The fourth-order valence-corrected chi connectivity index (χ4v) is 3.16. The molecule has 1 aliphatic carbocycles. The van der Waals surface area contributed by atoms with Gasteiger partial charge in [-0.2, -0.15) is 0 Å². The molecule has 0 aromatic rings. The number of hydrogen-bond acceptors (Lipinski definition) is 3. The zero-order chi connectivity index (χ0) is 13.5. The Morgan fingerprint density at radius 2 is 2.21 bits per heavy atom. The van der Waals surface area contributed by atoms with Crippen LogP contribution in [0.5, 0.6) is 0 Å². The minimum absolute atomic E-state index is 0.0151. The summed E-state index contributed by atoms with van der Waals surface area (Å²) in [7, 11) is 0. The maximum absolute atomic E-state index is 12.0. The molecule has 2 rings (SSSR count). The van der Waals surface area contributed by atoms with Crippen molar-refractivity contribution in [3.8, 4) is 0 Å². The minimum Gasteiger partial charge on any atom is -0.379 e. The molecule has 1 saturated heterocycles. The first-order valence-electron chi connectivity index (χ1n) is 7.53. The Bertz CT molecular complexity index is 293. The van der Waals surface area contributed by atoms with E-state index in [2.05, 4.69) is 17.2 Å². The van der Waals surface area contributed by atoms with Crippen LogP contribution in [0.1, 0.15) is 38.5 Å². The molecule has 0 bridgehead atoms. The Labute approximate surface area is 116 Å². The summed E-state index contributed by atoms with van der Waals surface area (Å²) in [6.45, 7) is 5.51. The van der Waals surface area contributed by atoms with E-state index >= 15 is 0 Å². The Morgan fingerprint density at radius 3 is 3.00 bits per heavy atom. The van der Waals surface area contributed by atoms with Crippen molar-refractivity contribution < 1.29 is 9.53 Å². The van der Waals surface area contributed by atoms with Gasteiger partial charge in [-0.25, -0.2) is 0 Å². The molecule has 4 heteroatoms. The summed E-state index contributed by atoms with van der Waals surface area (Å²) in [6, 6.07) is 0.592. The van der Waals surface area contributed by atoms with E-state index in [1.807, 2.05) is 6.08 Å². The number of nitrogens with one attached hydrogen (secondary N) is 2. The summed E-state index contributed by atoms with van der Waals surface area (Å²) in [5.74, 6) is 0.857. The third kappa shape index (κ3) is 4.32. The molecule has 0 radical (unpaired) electrons. The molecular weight excluding hydrogens is 240 g/mol. The van der Waals surface area contributed by atoms with Gasteiger partial charge in [0.25, 0.3) is 0 Å². The molecule has 1 saturated carbocycles. The van der Waals surface area contributed by atoms with Gasteiger partial charge < -0.3 is 15.4 Å². The maximum Gasteiger partial charge on any atom is 0.237 e. The SMILES string of the molecule is C=CCCOCCNC(=O)C1CC2CCCCC2N1. The van der Waals surface area contributed by atoms with Gasteiger partial charge in [-0.15, -0.1) is 6.58 Å². The Kier molecular flexibility index (Phi) is 5.86. The smallest absolute Gasteiger partial charge is 0.237 e. The monoisotopic (exact) mass is 266 g/mol. The van der Waals surface area contributed by atoms with E-state index in [4.69, 9.17) is 4.74 Å². The van der Waals surface area contributed by atoms with Gasteiger partial charge in [0.2, 0.25) is 5.91 Å². The highest BCUT2D eigenvalue weighted by Gasteiger charge is 2.37. The van der Waals surface area contributed by atoms with E-state index in [-0.39, 0.29) is 11.9 Å². The van der Waals surface area contributed by atoms with Crippen LogP contribution in [-0.2, 0) is 9.53 Å². The van der Waals surface area contributed by atoms with Crippen molar-refractivity contribution in [3.05, 3.63) is 12.7 Å². The number of rotatable bonds is 7. The van der Waals surface area contributed by atoms with Crippen LogP contribution < -0.4 is 10.6 Å². The van der Waals surface area contributed by atoms with Gasteiger partial charge in [0, 0.05) is 12.6 Å². The number of fused-ring (bicyclic) bond motifs is 1. The predicted octanol–water partition coefficient (Wildman–Crippen LogP) is 1.62. The first-order chi connectivity index (χ1) is 9.31.